The predicted octanol–water partition coefficient (Wildman–Crippen LogP) is 2.39. The molecule has 18 heavy (non-hydrogen) atoms. The number of aromatic nitrogens is 2. The SMILES string of the molecule is CCc1cc(C(=O)O)n(CCc2ccccc2)n1. The fourth-order valence-corrected chi connectivity index (χ4v) is 1.87. The summed E-state index contributed by atoms with van der Waals surface area (Å²) in [4.78, 5) is 11.1. The number of carboxylic acid groups (broad SMARTS) is 1. The van der Waals surface area contributed by atoms with Gasteiger partial charge in [-0.05, 0) is 24.5 Å². The Hall–Kier alpha value is -2.10. The van der Waals surface area contributed by atoms with Gasteiger partial charge in [0.1, 0.15) is 5.69 Å². The van der Waals surface area contributed by atoms with E-state index < -0.39 is 5.97 Å². The first-order chi connectivity index (χ1) is 8.70. The molecule has 0 fully saturated rings. The van der Waals surface area contributed by atoms with Gasteiger partial charge in [-0.25, -0.2) is 4.79 Å². The molecule has 2 aromatic rings. The molecule has 1 N–H and O–H groups in total. The molecule has 0 aliphatic rings. The number of nitrogens with zero attached hydrogens (tertiary/aromatic N) is 2. The van der Waals surface area contributed by atoms with Crippen LogP contribution in [-0.2, 0) is 19.4 Å². The highest BCUT2D eigenvalue weighted by Crippen LogP contribution is 2.08. The summed E-state index contributed by atoms with van der Waals surface area (Å²) in [6.07, 6.45) is 1.53. The van der Waals surface area contributed by atoms with E-state index >= 15 is 0 Å². The molecule has 94 valence electrons. The molecule has 0 atom stereocenters. The molecule has 0 unspecified atom stereocenters. The van der Waals surface area contributed by atoms with Crippen LogP contribution in [-0.4, -0.2) is 20.9 Å². The van der Waals surface area contributed by atoms with Crippen molar-refractivity contribution in [3.8, 4) is 0 Å². The fourth-order valence-electron chi connectivity index (χ4n) is 1.87. The van der Waals surface area contributed by atoms with Gasteiger partial charge in [-0.2, -0.15) is 5.10 Å². The maximum atomic E-state index is 11.1. The average Bonchev–Trinajstić information content (AvgIpc) is 2.81. The third-order valence-electron chi connectivity index (χ3n) is 2.87. The molecule has 2 rings (SSSR count). The van der Waals surface area contributed by atoms with E-state index in [1.807, 2.05) is 37.3 Å². The molecule has 1 aromatic carbocycles. The Labute approximate surface area is 106 Å². The highest BCUT2D eigenvalue weighted by atomic mass is 16.4. The van der Waals surface area contributed by atoms with E-state index in [4.69, 9.17) is 5.11 Å². The van der Waals surface area contributed by atoms with E-state index in [0.29, 0.717) is 6.54 Å². The summed E-state index contributed by atoms with van der Waals surface area (Å²) in [6.45, 7) is 2.56. The van der Waals surface area contributed by atoms with Gasteiger partial charge < -0.3 is 5.11 Å². The largest absolute Gasteiger partial charge is 0.477 e. The number of aromatic carboxylic acids is 1. The zero-order valence-corrected chi connectivity index (χ0v) is 10.3. The summed E-state index contributed by atoms with van der Waals surface area (Å²) in [5.41, 5.74) is 2.27. The lowest BCUT2D eigenvalue weighted by Gasteiger charge is -2.04. The van der Waals surface area contributed by atoms with Crippen LogP contribution in [0, 0.1) is 0 Å². The molecule has 0 saturated heterocycles. The van der Waals surface area contributed by atoms with Gasteiger partial charge in [0.05, 0.1) is 5.69 Å². The van der Waals surface area contributed by atoms with Crippen molar-refractivity contribution < 1.29 is 9.90 Å². The molecular weight excluding hydrogens is 228 g/mol. The summed E-state index contributed by atoms with van der Waals surface area (Å²) in [7, 11) is 0. The quantitative estimate of drug-likeness (QED) is 0.878. The first-order valence-corrected chi connectivity index (χ1v) is 6.04. The maximum absolute atomic E-state index is 11.1. The molecule has 1 aromatic heterocycles. The van der Waals surface area contributed by atoms with Gasteiger partial charge >= 0.3 is 5.97 Å². The van der Waals surface area contributed by atoms with Crippen molar-refractivity contribution in [2.45, 2.75) is 26.3 Å². The number of rotatable bonds is 5. The number of hydrogen-bond donors (Lipinski definition) is 1. The third-order valence-corrected chi connectivity index (χ3v) is 2.87. The molecule has 4 nitrogen and oxygen atoms in total. The summed E-state index contributed by atoms with van der Waals surface area (Å²) < 4.78 is 1.58. The molecule has 0 aliphatic carbocycles. The van der Waals surface area contributed by atoms with Crippen LogP contribution in [0.2, 0.25) is 0 Å². The average molecular weight is 244 g/mol. The Morgan fingerprint density at radius 3 is 2.67 bits per heavy atom. The second-order valence-corrected chi connectivity index (χ2v) is 4.14. The number of carboxylic acids is 1. The second-order valence-electron chi connectivity index (χ2n) is 4.14. The van der Waals surface area contributed by atoms with Gasteiger partial charge in [0.25, 0.3) is 0 Å². The van der Waals surface area contributed by atoms with Crippen molar-refractivity contribution in [2.24, 2.45) is 0 Å². The molecule has 1 heterocycles. The minimum atomic E-state index is -0.921. The number of benzene rings is 1. The van der Waals surface area contributed by atoms with Crippen LogP contribution in [0.4, 0.5) is 0 Å². The first-order valence-electron chi connectivity index (χ1n) is 6.04. The van der Waals surface area contributed by atoms with E-state index in [0.717, 1.165) is 18.5 Å². The second kappa shape index (κ2) is 5.49. The predicted molar refractivity (Wildman–Crippen MR) is 68.7 cm³/mol. The number of carbonyl (C=O) groups is 1. The highest BCUT2D eigenvalue weighted by molar-refractivity contribution is 5.85. The minimum Gasteiger partial charge on any atom is -0.477 e. The van der Waals surface area contributed by atoms with Crippen molar-refractivity contribution in [3.63, 3.8) is 0 Å². The van der Waals surface area contributed by atoms with E-state index in [9.17, 15) is 4.79 Å². The summed E-state index contributed by atoms with van der Waals surface area (Å²) in [6, 6.07) is 11.6. The lowest BCUT2D eigenvalue weighted by Crippen LogP contribution is -2.11. The van der Waals surface area contributed by atoms with Gasteiger partial charge in [0, 0.05) is 6.54 Å². The zero-order valence-electron chi connectivity index (χ0n) is 10.3. The monoisotopic (exact) mass is 244 g/mol. The minimum absolute atomic E-state index is 0.266. The molecule has 4 heteroatoms. The van der Waals surface area contributed by atoms with Crippen LogP contribution in [0.25, 0.3) is 0 Å². The van der Waals surface area contributed by atoms with Gasteiger partial charge in [-0.3, -0.25) is 4.68 Å². The summed E-state index contributed by atoms with van der Waals surface area (Å²) in [5.74, 6) is -0.921. The maximum Gasteiger partial charge on any atom is 0.354 e. The standard InChI is InChI=1S/C14H16N2O2/c1-2-12-10-13(14(17)18)16(15-12)9-8-11-6-4-3-5-7-11/h3-7,10H,2,8-9H2,1H3,(H,17,18). The van der Waals surface area contributed by atoms with Crippen LogP contribution < -0.4 is 0 Å². The molecule has 0 radical (unpaired) electrons. The molecule has 0 amide bonds. The van der Waals surface area contributed by atoms with Crippen LogP contribution in [0.3, 0.4) is 0 Å². The lowest BCUT2D eigenvalue weighted by atomic mass is 10.1. The molecule has 0 bridgehead atoms. The van der Waals surface area contributed by atoms with Crippen molar-refractivity contribution in [3.05, 3.63) is 53.3 Å². The first kappa shape index (κ1) is 12.4. The topological polar surface area (TPSA) is 55.1 Å². The van der Waals surface area contributed by atoms with Crippen molar-refractivity contribution >= 4 is 5.97 Å². The number of hydrogen-bond acceptors (Lipinski definition) is 2. The summed E-state index contributed by atoms with van der Waals surface area (Å²) in [5, 5.41) is 13.4. The normalized spacial score (nSPS) is 10.5. The van der Waals surface area contributed by atoms with Crippen LogP contribution in [0.15, 0.2) is 36.4 Å². The van der Waals surface area contributed by atoms with E-state index in [1.54, 1.807) is 10.7 Å². The van der Waals surface area contributed by atoms with Gasteiger partial charge in [-0.15, -0.1) is 0 Å². The lowest BCUT2D eigenvalue weighted by molar-refractivity contribution is 0.0683. The van der Waals surface area contributed by atoms with Gasteiger partial charge in [0.15, 0.2) is 0 Å². The van der Waals surface area contributed by atoms with Gasteiger partial charge in [0.2, 0.25) is 0 Å². The van der Waals surface area contributed by atoms with E-state index in [2.05, 4.69) is 5.10 Å². The molecule has 0 aliphatic heterocycles. The van der Waals surface area contributed by atoms with Gasteiger partial charge in [-0.1, -0.05) is 37.3 Å². The zero-order chi connectivity index (χ0) is 13.0. The van der Waals surface area contributed by atoms with Crippen LogP contribution in [0.5, 0.6) is 0 Å². The Morgan fingerprint density at radius 1 is 1.33 bits per heavy atom. The molecule has 0 spiro atoms. The highest BCUT2D eigenvalue weighted by Gasteiger charge is 2.13. The Balaban J connectivity index is 2.13. The summed E-state index contributed by atoms with van der Waals surface area (Å²) >= 11 is 0. The molecule has 0 saturated carbocycles. The fraction of sp³-hybridized carbons (Fsp3) is 0.286. The van der Waals surface area contributed by atoms with Crippen molar-refractivity contribution in [1.29, 1.82) is 0 Å². The van der Waals surface area contributed by atoms with Crippen molar-refractivity contribution in [2.75, 3.05) is 0 Å². The van der Waals surface area contributed by atoms with E-state index in [-0.39, 0.29) is 5.69 Å². The molecular formula is C14H16N2O2. The Bertz CT molecular complexity index is 532. The van der Waals surface area contributed by atoms with Crippen LogP contribution in [0.1, 0.15) is 28.7 Å². The Kier molecular flexibility index (Phi) is 3.77. The number of aryl methyl sites for hydroxylation is 3. The third kappa shape index (κ3) is 2.77. The van der Waals surface area contributed by atoms with E-state index in [1.165, 1.54) is 5.56 Å². The Morgan fingerprint density at radius 2 is 2.06 bits per heavy atom. The van der Waals surface area contributed by atoms with Crippen molar-refractivity contribution in [1.82, 2.24) is 9.78 Å². The smallest absolute Gasteiger partial charge is 0.354 e. The van der Waals surface area contributed by atoms with Crippen LogP contribution >= 0.6 is 0 Å².